The van der Waals surface area contributed by atoms with Crippen LogP contribution in [0.25, 0.3) is 0 Å². The van der Waals surface area contributed by atoms with Gasteiger partial charge in [-0.25, -0.2) is 0 Å². The predicted octanol–water partition coefficient (Wildman–Crippen LogP) is 1.96. The Kier molecular flexibility index (Phi) is 7.10. The smallest absolute Gasteiger partial charge is 0.198 e. The summed E-state index contributed by atoms with van der Waals surface area (Å²) in [5.41, 5.74) is 2.69. The van der Waals surface area contributed by atoms with Crippen molar-refractivity contribution >= 4 is 35.6 Å². The van der Waals surface area contributed by atoms with Crippen molar-refractivity contribution < 1.29 is 4.74 Å². The van der Waals surface area contributed by atoms with Gasteiger partial charge in [-0.05, 0) is 32.0 Å². The molecule has 1 aromatic carbocycles. The molecule has 6 heteroatoms. The van der Waals surface area contributed by atoms with Gasteiger partial charge in [0.15, 0.2) is 5.96 Å². The standard InChI is InChI=1S/C17H26N4O.HI/c1-3-18-17(19-12-15-13-20(2)10-11-22-15)21-9-8-14-6-4-5-7-16(14)21;/h4-7,15H,3,8-13H2,1-2H3,(H,18,19);1H. The molecule has 0 bridgehead atoms. The lowest BCUT2D eigenvalue weighted by Crippen LogP contribution is -2.44. The van der Waals surface area contributed by atoms with Crippen LogP contribution in [0.3, 0.4) is 0 Å². The second-order valence-electron chi connectivity index (χ2n) is 5.98. The van der Waals surface area contributed by atoms with Gasteiger partial charge in [0.05, 0.1) is 19.3 Å². The van der Waals surface area contributed by atoms with Crippen molar-refractivity contribution in [1.82, 2.24) is 10.2 Å². The number of ether oxygens (including phenoxy) is 1. The summed E-state index contributed by atoms with van der Waals surface area (Å²) in [6, 6.07) is 8.59. The summed E-state index contributed by atoms with van der Waals surface area (Å²) < 4.78 is 5.81. The highest BCUT2D eigenvalue weighted by Crippen LogP contribution is 2.27. The maximum atomic E-state index is 5.81. The Morgan fingerprint density at radius 1 is 1.35 bits per heavy atom. The molecular weight excluding hydrogens is 403 g/mol. The summed E-state index contributed by atoms with van der Waals surface area (Å²) in [5.74, 6) is 0.976. The van der Waals surface area contributed by atoms with Gasteiger partial charge in [0.2, 0.25) is 0 Å². The number of hydrogen-bond donors (Lipinski definition) is 1. The van der Waals surface area contributed by atoms with Crippen molar-refractivity contribution in [3.63, 3.8) is 0 Å². The van der Waals surface area contributed by atoms with Crippen LogP contribution in [0, 0.1) is 0 Å². The zero-order valence-corrected chi connectivity index (χ0v) is 16.3. The maximum Gasteiger partial charge on any atom is 0.198 e. The fourth-order valence-corrected chi connectivity index (χ4v) is 3.12. The summed E-state index contributed by atoms with van der Waals surface area (Å²) in [5, 5.41) is 3.42. The van der Waals surface area contributed by atoms with Crippen LogP contribution in [-0.2, 0) is 11.2 Å². The first-order valence-corrected chi connectivity index (χ1v) is 8.22. The van der Waals surface area contributed by atoms with Gasteiger partial charge in [-0.3, -0.25) is 4.99 Å². The summed E-state index contributed by atoms with van der Waals surface area (Å²) in [6.07, 6.45) is 1.29. The van der Waals surface area contributed by atoms with Gasteiger partial charge in [0.1, 0.15) is 0 Å². The second-order valence-corrected chi connectivity index (χ2v) is 5.98. The number of hydrogen-bond acceptors (Lipinski definition) is 3. The molecule has 0 radical (unpaired) electrons. The van der Waals surface area contributed by atoms with E-state index in [2.05, 4.69) is 53.4 Å². The Morgan fingerprint density at radius 2 is 2.17 bits per heavy atom. The first-order chi connectivity index (χ1) is 10.8. The molecule has 1 saturated heterocycles. The topological polar surface area (TPSA) is 40.1 Å². The summed E-state index contributed by atoms with van der Waals surface area (Å²) >= 11 is 0. The third-order valence-corrected chi connectivity index (χ3v) is 4.26. The van der Waals surface area contributed by atoms with E-state index in [1.807, 2.05) is 0 Å². The molecule has 1 fully saturated rings. The SMILES string of the molecule is CCNC(=NCC1CN(C)CCO1)N1CCc2ccccc21.I. The second kappa shape index (κ2) is 8.84. The molecular formula is C17H27IN4O. The van der Waals surface area contributed by atoms with E-state index in [1.54, 1.807) is 0 Å². The molecule has 0 saturated carbocycles. The van der Waals surface area contributed by atoms with Crippen LogP contribution in [0.4, 0.5) is 5.69 Å². The number of para-hydroxylation sites is 1. The van der Waals surface area contributed by atoms with E-state index in [9.17, 15) is 0 Å². The van der Waals surface area contributed by atoms with Gasteiger partial charge in [-0.2, -0.15) is 0 Å². The number of morpholine rings is 1. The van der Waals surface area contributed by atoms with Gasteiger partial charge >= 0.3 is 0 Å². The predicted molar refractivity (Wildman–Crippen MR) is 106 cm³/mol. The van der Waals surface area contributed by atoms with E-state index >= 15 is 0 Å². The third kappa shape index (κ3) is 4.58. The minimum atomic E-state index is 0. The summed E-state index contributed by atoms with van der Waals surface area (Å²) in [6.45, 7) is 7.48. The molecule has 1 atom stereocenters. The van der Waals surface area contributed by atoms with Gasteiger partial charge in [-0.1, -0.05) is 18.2 Å². The molecule has 3 rings (SSSR count). The molecule has 1 unspecified atom stereocenters. The maximum absolute atomic E-state index is 5.81. The molecule has 128 valence electrons. The number of likely N-dealkylation sites (N-methyl/N-ethyl adjacent to an activating group) is 1. The van der Waals surface area contributed by atoms with E-state index in [4.69, 9.17) is 9.73 Å². The van der Waals surface area contributed by atoms with Gasteiger partial charge in [-0.15, -0.1) is 24.0 Å². The largest absolute Gasteiger partial charge is 0.374 e. The van der Waals surface area contributed by atoms with Crippen LogP contribution in [0.5, 0.6) is 0 Å². The fourth-order valence-electron chi connectivity index (χ4n) is 3.12. The first-order valence-electron chi connectivity index (χ1n) is 8.22. The number of benzene rings is 1. The zero-order valence-electron chi connectivity index (χ0n) is 14.0. The molecule has 2 aliphatic rings. The Labute approximate surface area is 156 Å². The lowest BCUT2D eigenvalue weighted by atomic mass is 10.2. The van der Waals surface area contributed by atoms with Crippen LogP contribution in [-0.4, -0.2) is 63.3 Å². The van der Waals surface area contributed by atoms with E-state index < -0.39 is 0 Å². The highest BCUT2D eigenvalue weighted by Gasteiger charge is 2.23. The average Bonchev–Trinajstić information content (AvgIpc) is 2.95. The normalized spacial score (nSPS) is 21.7. The first kappa shape index (κ1) is 18.5. The lowest BCUT2D eigenvalue weighted by Gasteiger charge is -2.29. The molecule has 23 heavy (non-hydrogen) atoms. The van der Waals surface area contributed by atoms with E-state index in [0.717, 1.165) is 45.2 Å². The van der Waals surface area contributed by atoms with Crippen molar-refractivity contribution in [1.29, 1.82) is 0 Å². The van der Waals surface area contributed by atoms with Gasteiger partial charge < -0.3 is 19.9 Å². The number of anilines is 1. The van der Waals surface area contributed by atoms with Crippen molar-refractivity contribution in [3.8, 4) is 0 Å². The number of aliphatic imine (C=N–C) groups is 1. The van der Waals surface area contributed by atoms with Crippen LogP contribution < -0.4 is 10.2 Å². The number of guanidine groups is 1. The van der Waals surface area contributed by atoms with Gasteiger partial charge in [0, 0.05) is 31.9 Å². The average molecular weight is 430 g/mol. The Hall–Kier alpha value is -0.860. The molecule has 0 spiro atoms. The van der Waals surface area contributed by atoms with Crippen molar-refractivity contribution in [2.24, 2.45) is 4.99 Å². The van der Waals surface area contributed by atoms with Crippen molar-refractivity contribution in [2.75, 3.05) is 51.3 Å². The van der Waals surface area contributed by atoms with Crippen molar-refractivity contribution in [3.05, 3.63) is 29.8 Å². The zero-order chi connectivity index (χ0) is 15.4. The Morgan fingerprint density at radius 3 is 2.96 bits per heavy atom. The molecule has 1 aromatic rings. The van der Waals surface area contributed by atoms with Crippen LogP contribution in [0.1, 0.15) is 12.5 Å². The highest BCUT2D eigenvalue weighted by molar-refractivity contribution is 14.0. The fraction of sp³-hybridized carbons (Fsp3) is 0.588. The minimum absolute atomic E-state index is 0. The lowest BCUT2D eigenvalue weighted by molar-refractivity contribution is -0.0136. The van der Waals surface area contributed by atoms with Crippen LogP contribution >= 0.6 is 24.0 Å². The minimum Gasteiger partial charge on any atom is -0.374 e. The summed E-state index contributed by atoms with van der Waals surface area (Å²) in [4.78, 5) is 9.44. The van der Waals surface area contributed by atoms with Crippen LogP contribution in [0.2, 0.25) is 0 Å². The van der Waals surface area contributed by atoms with E-state index in [1.165, 1.54) is 11.3 Å². The van der Waals surface area contributed by atoms with E-state index in [0.29, 0.717) is 6.54 Å². The van der Waals surface area contributed by atoms with E-state index in [-0.39, 0.29) is 30.1 Å². The van der Waals surface area contributed by atoms with Crippen LogP contribution in [0.15, 0.2) is 29.3 Å². The molecule has 5 nitrogen and oxygen atoms in total. The molecule has 0 aromatic heterocycles. The van der Waals surface area contributed by atoms with Gasteiger partial charge in [0.25, 0.3) is 0 Å². The molecule has 1 N–H and O–H groups in total. The molecule has 2 aliphatic heterocycles. The molecule has 0 amide bonds. The quantitative estimate of drug-likeness (QED) is 0.452. The third-order valence-electron chi connectivity index (χ3n) is 4.26. The Balaban J connectivity index is 0.00000192. The number of fused-ring (bicyclic) bond motifs is 1. The number of rotatable bonds is 3. The summed E-state index contributed by atoms with van der Waals surface area (Å²) in [7, 11) is 2.14. The Bertz CT molecular complexity index is 537. The number of nitrogens with one attached hydrogen (secondary N) is 1. The number of nitrogens with zero attached hydrogens (tertiary/aromatic N) is 3. The monoisotopic (exact) mass is 430 g/mol. The van der Waals surface area contributed by atoms with Crippen molar-refractivity contribution in [2.45, 2.75) is 19.4 Å². The number of halogens is 1. The molecule has 2 heterocycles. The molecule has 0 aliphatic carbocycles. The highest BCUT2D eigenvalue weighted by atomic mass is 127.